The first-order valence-electron chi connectivity index (χ1n) is 10.2. The van der Waals surface area contributed by atoms with Crippen molar-refractivity contribution in [1.29, 1.82) is 0 Å². The molecule has 0 aromatic heterocycles. The Morgan fingerprint density at radius 3 is 2.46 bits per heavy atom. The molecule has 0 radical (unpaired) electrons. The highest BCUT2D eigenvalue weighted by Gasteiger charge is 2.34. The Morgan fingerprint density at radius 2 is 1.79 bits per heavy atom. The first-order chi connectivity index (χ1) is 13.5. The van der Waals surface area contributed by atoms with Crippen LogP contribution in [-0.4, -0.2) is 32.8 Å². The first-order valence-corrected chi connectivity index (χ1v) is 10.2. The molecule has 2 aromatic carbocycles. The van der Waals surface area contributed by atoms with Gasteiger partial charge < -0.3 is 14.2 Å². The SMILES string of the molecule is COc1cc2c(cc1CC(C)C)[C@@H]1Cc3ccc(OC)c(OC)c3CN1CC2. The van der Waals surface area contributed by atoms with Crippen molar-refractivity contribution in [3.05, 3.63) is 52.1 Å². The monoisotopic (exact) mass is 381 g/mol. The van der Waals surface area contributed by atoms with Crippen LogP contribution in [0.25, 0.3) is 0 Å². The van der Waals surface area contributed by atoms with Crippen molar-refractivity contribution in [2.24, 2.45) is 5.92 Å². The summed E-state index contributed by atoms with van der Waals surface area (Å²) in [5.74, 6) is 3.36. The molecule has 0 amide bonds. The minimum absolute atomic E-state index is 0.422. The molecule has 0 unspecified atom stereocenters. The lowest BCUT2D eigenvalue weighted by Crippen LogP contribution is -2.39. The molecular formula is C24H31NO3. The molecule has 4 heteroatoms. The van der Waals surface area contributed by atoms with Crippen LogP contribution in [0.2, 0.25) is 0 Å². The van der Waals surface area contributed by atoms with E-state index in [4.69, 9.17) is 14.2 Å². The van der Waals surface area contributed by atoms with Gasteiger partial charge in [-0.2, -0.15) is 0 Å². The highest BCUT2D eigenvalue weighted by Crippen LogP contribution is 2.44. The number of methoxy groups -OCH3 is 3. The van der Waals surface area contributed by atoms with E-state index in [0.29, 0.717) is 12.0 Å². The molecule has 2 heterocycles. The predicted molar refractivity (Wildman–Crippen MR) is 112 cm³/mol. The number of hydrogen-bond acceptors (Lipinski definition) is 4. The van der Waals surface area contributed by atoms with E-state index in [0.717, 1.165) is 49.6 Å². The van der Waals surface area contributed by atoms with Gasteiger partial charge in [0.05, 0.1) is 21.3 Å². The maximum absolute atomic E-state index is 5.72. The zero-order chi connectivity index (χ0) is 19.8. The Kier molecular flexibility index (Phi) is 5.24. The van der Waals surface area contributed by atoms with Gasteiger partial charge in [-0.3, -0.25) is 4.90 Å². The molecule has 0 fully saturated rings. The van der Waals surface area contributed by atoms with Crippen LogP contribution in [0.15, 0.2) is 24.3 Å². The summed E-state index contributed by atoms with van der Waals surface area (Å²) in [5, 5.41) is 0. The van der Waals surface area contributed by atoms with Crippen molar-refractivity contribution in [3.8, 4) is 17.2 Å². The number of ether oxygens (including phenoxy) is 3. The van der Waals surface area contributed by atoms with Crippen molar-refractivity contribution in [2.45, 2.75) is 45.7 Å². The zero-order valence-electron chi connectivity index (χ0n) is 17.7. The van der Waals surface area contributed by atoms with Crippen molar-refractivity contribution in [1.82, 2.24) is 4.90 Å². The highest BCUT2D eigenvalue weighted by atomic mass is 16.5. The summed E-state index contributed by atoms with van der Waals surface area (Å²) < 4.78 is 16.9. The Labute approximate surface area is 168 Å². The second-order valence-corrected chi connectivity index (χ2v) is 8.34. The van der Waals surface area contributed by atoms with Crippen LogP contribution in [0.4, 0.5) is 0 Å². The second-order valence-electron chi connectivity index (χ2n) is 8.34. The molecule has 0 saturated heterocycles. The van der Waals surface area contributed by atoms with Crippen molar-refractivity contribution in [3.63, 3.8) is 0 Å². The standard InChI is InChI=1S/C24H31NO3/c1-15(2)10-18-11-19-17(13-23(18)27-4)8-9-25-14-20-16(12-21(19)25)6-7-22(26-3)24(20)28-5/h6-7,11,13,15,21H,8-10,12,14H2,1-5H3/t21-/m0/s1. The van der Waals surface area contributed by atoms with Crippen LogP contribution in [-0.2, 0) is 25.8 Å². The molecular weight excluding hydrogens is 350 g/mol. The molecule has 2 aliphatic heterocycles. The highest BCUT2D eigenvalue weighted by molar-refractivity contribution is 5.53. The van der Waals surface area contributed by atoms with E-state index in [-0.39, 0.29) is 0 Å². The summed E-state index contributed by atoms with van der Waals surface area (Å²) in [6.45, 7) is 6.50. The number of rotatable bonds is 5. The predicted octanol–water partition coefficient (Wildman–Crippen LogP) is 4.57. The molecule has 0 saturated carbocycles. The maximum atomic E-state index is 5.72. The lowest BCUT2D eigenvalue weighted by Gasteiger charge is -2.42. The van der Waals surface area contributed by atoms with Crippen LogP contribution >= 0.6 is 0 Å². The maximum Gasteiger partial charge on any atom is 0.165 e. The Morgan fingerprint density at radius 1 is 1.00 bits per heavy atom. The normalized spacial score (nSPS) is 18.3. The van der Waals surface area contributed by atoms with E-state index >= 15 is 0 Å². The Balaban J connectivity index is 1.74. The minimum atomic E-state index is 0.422. The second kappa shape index (κ2) is 7.67. The number of fused-ring (bicyclic) bond motifs is 4. The van der Waals surface area contributed by atoms with Gasteiger partial charge >= 0.3 is 0 Å². The van der Waals surface area contributed by atoms with Gasteiger partial charge in [-0.05, 0) is 59.6 Å². The van der Waals surface area contributed by atoms with Gasteiger partial charge in [0, 0.05) is 24.7 Å². The molecule has 0 N–H and O–H groups in total. The van der Waals surface area contributed by atoms with E-state index in [1.54, 1.807) is 21.3 Å². The lowest BCUT2D eigenvalue weighted by molar-refractivity contribution is 0.157. The van der Waals surface area contributed by atoms with E-state index in [1.807, 2.05) is 6.07 Å². The third-order valence-corrected chi connectivity index (χ3v) is 6.16. The largest absolute Gasteiger partial charge is 0.496 e. The smallest absolute Gasteiger partial charge is 0.165 e. The zero-order valence-corrected chi connectivity index (χ0v) is 17.7. The van der Waals surface area contributed by atoms with Gasteiger partial charge in [-0.25, -0.2) is 0 Å². The molecule has 1 atom stereocenters. The first kappa shape index (κ1) is 19.1. The molecule has 4 nitrogen and oxygen atoms in total. The van der Waals surface area contributed by atoms with Crippen LogP contribution in [0.3, 0.4) is 0 Å². The quantitative estimate of drug-likeness (QED) is 0.759. The van der Waals surface area contributed by atoms with Crippen LogP contribution in [0, 0.1) is 5.92 Å². The fourth-order valence-corrected chi connectivity index (χ4v) is 4.85. The minimum Gasteiger partial charge on any atom is -0.496 e. The number of nitrogens with zero attached hydrogens (tertiary/aromatic N) is 1. The molecule has 4 rings (SSSR count). The van der Waals surface area contributed by atoms with Gasteiger partial charge in [0.2, 0.25) is 0 Å². The topological polar surface area (TPSA) is 30.9 Å². The van der Waals surface area contributed by atoms with E-state index < -0.39 is 0 Å². The van der Waals surface area contributed by atoms with Crippen LogP contribution in [0.5, 0.6) is 17.2 Å². The lowest BCUT2D eigenvalue weighted by atomic mass is 9.82. The third kappa shape index (κ3) is 3.24. The van der Waals surface area contributed by atoms with Gasteiger partial charge in [0.1, 0.15) is 5.75 Å². The fraction of sp³-hybridized carbons (Fsp3) is 0.500. The molecule has 150 valence electrons. The summed E-state index contributed by atoms with van der Waals surface area (Å²) >= 11 is 0. The average molecular weight is 382 g/mol. The summed E-state index contributed by atoms with van der Waals surface area (Å²) in [6, 6.07) is 9.37. The molecule has 2 aromatic rings. The summed E-state index contributed by atoms with van der Waals surface area (Å²) in [5.41, 5.74) is 6.89. The van der Waals surface area contributed by atoms with Crippen LogP contribution in [0.1, 0.15) is 47.7 Å². The number of benzene rings is 2. The molecule has 2 aliphatic rings. The molecule has 0 bridgehead atoms. The summed E-state index contributed by atoms with van der Waals surface area (Å²) in [6.07, 6.45) is 3.12. The van der Waals surface area contributed by atoms with E-state index in [2.05, 4.69) is 36.9 Å². The Bertz CT molecular complexity index is 875. The van der Waals surface area contributed by atoms with E-state index in [1.165, 1.54) is 27.8 Å². The molecule has 0 aliphatic carbocycles. The van der Waals surface area contributed by atoms with Gasteiger partial charge in [0.15, 0.2) is 11.5 Å². The van der Waals surface area contributed by atoms with Crippen molar-refractivity contribution in [2.75, 3.05) is 27.9 Å². The molecule has 28 heavy (non-hydrogen) atoms. The van der Waals surface area contributed by atoms with Crippen LogP contribution < -0.4 is 14.2 Å². The van der Waals surface area contributed by atoms with E-state index in [9.17, 15) is 0 Å². The van der Waals surface area contributed by atoms with Crippen molar-refractivity contribution >= 4 is 0 Å². The number of hydrogen-bond donors (Lipinski definition) is 0. The van der Waals surface area contributed by atoms with Gasteiger partial charge in [-0.15, -0.1) is 0 Å². The van der Waals surface area contributed by atoms with Gasteiger partial charge in [-0.1, -0.05) is 26.0 Å². The summed E-state index contributed by atoms with van der Waals surface area (Å²) in [7, 11) is 5.23. The van der Waals surface area contributed by atoms with Gasteiger partial charge in [0.25, 0.3) is 0 Å². The Hall–Kier alpha value is -2.20. The third-order valence-electron chi connectivity index (χ3n) is 6.16. The summed E-state index contributed by atoms with van der Waals surface area (Å²) in [4.78, 5) is 2.60. The fourth-order valence-electron chi connectivity index (χ4n) is 4.85. The average Bonchev–Trinajstić information content (AvgIpc) is 2.70. The molecule has 0 spiro atoms. The van der Waals surface area contributed by atoms with Crippen molar-refractivity contribution < 1.29 is 14.2 Å².